The van der Waals surface area contributed by atoms with Crippen LogP contribution in [0.3, 0.4) is 0 Å². The number of nitrogens with one attached hydrogen (secondary N) is 2. The number of nitrogen functional groups attached to an aromatic ring is 1. The summed E-state index contributed by atoms with van der Waals surface area (Å²) in [5.74, 6) is -5.52. The second-order valence-electron chi connectivity index (χ2n) is 14.6. The number of allylic oxidation sites excluding steroid dienone is 2. The van der Waals surface area contributed by atoms with Crippen LogP contribution in [0.1, 0.15) is 67.6 Å². The lowest BCUT2D eigenvalue weighted by Crippen LogP contribution is -2.63. The number of phenols is 1. The number of Topliss-reactive ketones (excluding diaryl/α,β-unsaturated/α-hetero) is 1. The second kappa shape index (κ2) is 19.3. The third-order valence-corrected chi connectivity index (χ3v) is 9.55. The summed E-state index contributed by atoms with van der Waals surface area (Å²) in [5, 5.41) is 33.6. The van der Waals surface area contributed by atoms with E-state index in [1.54, 1.807) is 26.8 Å². The van der Waals surface area contributed by atoms with Gasteiger partial charge in [0.25, 0.3) is 0 Å². The fourth-order valence-electron chi connectivity index (χ4n) is 6.33. The van der Waals surface area contributed by atoms with E-state index in [0.717, 1.165) is 5.57 Å². The number of ketones is 1. The number of ether oxygens (including phenoxy) is 4. The maximum atomic E-state index is 13.8. The lowest BCUT2D eigenvalue weighted by molar-refractivity contribution is -0.294. The Bertz CT molecular complexity index is 2210. The van der Waals surface area contributed by atoms with Crippen LogP contribution >= 0.6 is 0 Å². The van der Waals surface area contributed by atoms with Crippen molar-refractivity contribution in [2.45, 2.75) is 84.4 Å². The van der Waals surface area contributed by atoms with Crippen molar-refractivity contribution in [2.75, 3.05) is 25.4 Å². The monoisotopic (exact) mass is 824 g/mol. The Morgan fingerprint density at radius 3 is 2.31 bits per heavy atom. The zero-order chi connectivity index (χ0) is 43.8. The van der Waals surface area contributed by atoms with E-state index in [1.807, 2.05) is 19.9 Å². The van der Waals surface area contributed by atoms with E-state index >= 15 is 0 Å². The summed E-state index contributed by atoms with van der Waals surface area (Å²) < 4.78 is 29.3. The summed E-state index contributed by atoms with van der Waals surface area (Å²) in [5.41, 5.74) is 11.7. The zero-order valence-corrected chi connectivity index (χ0v) is 33.1. The number of amides is 3. The summed E-state index contributed by atoms with van der Waals surface area (Å²) in [6.45, 7) is 6.66. The molecular weight excluding hydrogens is 776 g/mol. The van der Waals surface area contributed by atoms with Crippen molar-refractivity contribution in [3.63, 3.8) is 0 Å². The van der Waals surface area contributed by atoms with Gasteiger partial charge in [0, 0.05) is 24.0 Å². The van der Waals surface area contributed by atoms with Crippen molar-refractivity contribution < 1.29 is 67.5 Å². The van der Waals surface area contributed by atoms with E-state index in [-0.39, 0.29) is 45.0 Å². The van der Waals surface area contributed by atoms with Gasteiger partial charge in [-0.25, -0.2) is 4.79 Å². The molecule has 4 rings (SSSR count). The molecule has 1 aliphatic rings. The molecule has 318 valence electrons. The van der Waals surface area contributed by atoms with E-state index in [4.69, 9.17) is 39.9 Å². The molecule has 0 radical (unpaired) electrons. The summed E-state index contributed by atoms with van der Waals surface area (Å²) in [6, 6.07) is 7.19. The molecule has 0 saturated carbocycles. The first kappa shape index (κ1) is 45.2. The van der Waals surface area contributed by atoms with Gasteiger partial charge in [-0.3, -0.25) is 28.8 Å². The molecule has 2 heterocycles. The number of fused-ring (bicyclic) bond motifs is 1. The second-order valence-corrected chi connectivity index (χ2v) is 14.6. The van der Waals surface area contributed by atoms with Crippen LogP contribution in [0.4, 0.5) is 10.7 Å². The molecule has 9 N–H and O–H groups in total. The Morgan fingerprint density at radius 1 is 0.966 bits per heavy atom. The molecule has 0 spiro atoms. The third-order valence-electron chi connectivity index (χ3n) is 9.55. The average molecular weight is 825 g/mol. The molecule has 1 fully saturated rings. The summed E-state index contributed by atoms with van der Waals surface area (Å²) in [7, 11) is 0. The average Bonchev–Trinajstić information content (AvgIpc) is 3.15. The SMILES string of the molecule is CC(C)=CCc1cc(C(=O)Cc2c(N)oc3c(C)c(OC4OC(C)(C)C(CO)C(OC(N)=O)C4OC(=O)CCC(=O)NCC(=O)NCC(=O)O)ccc3c2=O)ccc1O. The number of carboxylic acids is 1. The minimum Gasteiger partial charge on any atom is -0.508 e. The molecule has 59 heavy (non-hydrogen) atoms. The summed E-state index contributed by atoms with van der Waals surface area (Å²) in [6.07, 6.45) is -4.97. The van der Waals surface area contributed by atoms with Gasteiger partial charge in [-0.15, -0.1) is 0 Å². The van der Waals surface area contributed by atoms with Gasteiger partial charge < -0.3 is 60.8 Å². The van der Waals surface area contributed by atoms with Gasteiger partial charge in [-0.05, 0) is 76.9 Å². The van der Waals surface area contributed by atoms with Crippen molar-refractivity contribution in [1.82, 2.24) is 10.6 Å². The Labute approximate surface area is 337 Å². The zero-order valence-electron chi connectivity index (χ0n) is 33.1. The van der Waals surface area contributed by atoms with E-state index < -0.39 is 110 Å². The number of esters is 1. The summed E-state index contributed by atoms with van der Waals surface area (Å²) >= 11 is 0. The smallest absolute Gasteiger partial charge is 0.404 e. The number of carboxylic acid groups (broad SMARTS) is 1. The minimum absolute atomic E-state index is 0.000666. The van der Waals surface area contributed by atoms with Crippen LogP contribution in [0.25, 0.3) is 11.0 Å². The molecule has 4 unspecified atom stereocenters. The number of aliphatic carboxylic acids is 1. The van der Waals surface area contributed by atoms with Crippen LogP contribution < -0.4 is 32.3 Å². The van der Waals surface area contributed by atoms with Crippen LogP contribution in [0, 0.1) is 12.8 Å². The number of nitrogens with two attached hydrogens (primary N) is 2. The molecule has 2 aromatic carbocycles. The Morgan fingerprint density at radius 2 is 1.66 bits per heavy atom. The predicted octanol–water partition coefficient (Wildman–Crippen LogP) is 1.92. The van der Waals surface area contributed by atoms with Crippen molar-refractivity contribution in [3.8, 4) is 11.5 Å². The number of benzene rings is 2. The maximum absolute atomic E-state index is 13.8. The normalized spacial score (nSPS) is 18.3. The van der Waals surface area contributed by atoms with Crippen LogP contribution in [0.5, 0.6) is 11.5 Å². The van der Waals surface area contributed by atoms with Crippen molar-refractivity contribution >= 4 is 52.5 Å². The number of rotatable bonds is 17. The van der Waals surface area contributed by atoms with Gasteiger partial charge in [-0.1, -0.05) is 11.6 Å². The number of hydrogen-bond donors (Lipinski definition) is 7. The lowest BCUT2D eigenvalue weighted by atomic mass is 9.81. The van der Waals surface area contributed by atoms with E-state index in [0.29, 0.717) is 12.0 Å². The Hall–Kier alpha value is -6.47. The number of phenolic OH excluding ortho intramolecular Hbond substituents is 1. The van der Waals surface area contributed by atoms with E-state index in [2.05, 4.69) is 10.6 Å². The molecule has 19 nitrogen and oxygen atoms in total. The van der Waals surface area contributed by atoms with Gasteiger partial charge in [0.2, 0.25) is 24.2 Å². The molecule has 3 amide bonds. The van der Waals surface area contributed by atoms with E-state index in [1.165, 1.54) is 24.3 Å². The Kier molecular flexibility index (Phi) is 14.8. The van der Waals surface area contributed by atoms with Crippen LogP contribution in [0.2, 0.25) is 0 Å². The first-order valence-electron chi connectivity index (χ1n) is 18.4. The number of aliphatic hydroxyl groups excluding tert-OH is 1. The van der Waals surface area contributed by atoms with Gasteiger partial charge in [0.05, 0.1) is 42.0 Å². The lowest BCUT2D eigenvalue weighted by Gasteiger charge is -2.48. The molecule has 3 aromatic rings. The maximum Gasteiger partial charge on any atom is 0.404 e. The first-order chi connectivity index (χ1) is 27.7. The highest BCUT2D eigenvalue weighted by molar-refractivity contribution is 5.99. The largest absolute Gasteiger partial charge is 0.508 e. The number of aliphatic hydroxyl groups is 1. The highest BCUT2D eigenvalue weighted by Crippen LogP contribution is 2.39. The highest BCUT2D eigenvalue weighted by atomic mass is 16.7. The first-order valence-corrected chi connectivity index (χ1v) is 18.4. The number of anilines is 1. The van der Waals surface area contributed by atoms with Gasteiger partial charge in [0.15, 0.2) is 23.2 Å². The molecule has 19 heteroatoms. The number of carbonyl (C=O) groups is 6. The van der Waals surface area contributed by atoms with Gasteiger partial charge in [0.1, 0.15) is 23.6 Å². The van der Waals surface area contributed by atoms with Gasteiger partial charge >= 0.3 is 18.0 Å². The molecule has 0 bridgehead atoms. The number of aryl methyl sites for hydroxylation is 1. The van der Waals surface area contributed by atoms with Crippen molar-refractivity contribution in [3.05, 3.63) is 74.5 Å². The molecule has 0 aliphatic carbocycles. The fraction of sp³-hybridized carbons (Fsp3) is 0.425. The molecule has 1 aromatic heterocycles. The van der Waals surface area contributed by atoms with Crippen LogP contribution in [-0.4, -0.2) is 94.7 Å². The van der Waals surface area contributed by atoms with E-state index in [9.17, 15) is 43.8 Å². The molecule has 1 saturated heterocycles. The van der Waals surface area contributed by atoms with Crippen molar-refractivity contribution in [1.29, 1.82) is 0 Å². The number of aromatic hydroxyl groups is 1. The third kappa shape index (κ3) is 11.6. The standard InChI is InChI=1S/C40H48N4O15/c1-19(2)6-7-21-14-22(8-10-26(21)46)27(47)15-24-33(53)23-9-11-28(20(3)34(23)57-37(24)41)55-38-36(35(58-39(42)54)25(18-45)40(4,5)59-38)56-32(52)13-12-29(48)43-16-30(49)44-17-31(50)51/h6,8-11,14,25,35-36,38,45-46H,7,12-13,15-18,41H2,1-5H3,(H2,42,54)(H,43,48)(H,44,49)(H,50,51). The topological polar surface area (TPSA) is 306 Å². The molecular formula is C40H48N4O15. The van der Waals surface area contributed by atoms with Gasteiger partial charge in [-0.2, -0.15) is 0 Å². The number of carbonyl (C=O) groups excluding carboxylic acids is 5. The molecule has 4 atom stereocenters. The van der Waals surface area contributed by atoms with Crippen LogP contribution in [-0.2, 0) is 46.2 Å². The minimum atomic E-state index is -1.59. The fourth-order valence-corrected chi connectivity index (χ4v) is 6.33. The van der Waals surface area contributed by atoms with Crippen LogP contribution in [0.15, 0.2) is 51.2 Å². The number of hydrogen-bond acceptors (Lipinski definition) is 15. The summed E-state index contributed by atoms with van der Waals surface area (Å²) in [4.78, 5) is 87.0. The Balaban J connectivity index is 1.59. The quantitative estimate of drug-likeness (QED) is 0.0581. The predicted molar refractivity (Wildman–Crippen MR) is 208 cm³/mol. The molecule has 1 aliphatic heterocycles. The number of primary amides is 1. The highest BCUT2D eigenvalue weighted by Gasteiger charge is 2.54. The van der Waals surface area contributed by atoms with Crippen molar-refractivity contribution in [2.24, 2.45) is 11.7 Å².